The summed E-state index contributed by atoms with van der Waals surface area (Å²) in [5.41, 5.74) is 4.14. The fourth-order valence-corrected chi connectivity index (χ4v) is 7.11. The summed E-state index contributed by atoms with van der Waals surface area (Å²) >= 11 is 6.28. The molecule has 1 aliphatic rings. The monoisotopic (exact) mass is 582 g/mol. The predicted molar refractivity (Wildman–Crippen MR) is 182 cm³/mol. The molecule has 0 saturated carbocycles. The number of hydrogen-bond donors (Lipinski definition) is 0. The minimum Gasteiger partial charge on any atom is -0.544 e. The first-order valence-electron chi connectivity index (χ1n) is 14.5. The van der Waals surface area contributed by atoms with Crippen LogP contribution < -0.4 is 0 Å². The number of aliphatic imine (C=N–C) groups is 1. The SMILES string of the molecule is CC(C)(C)N=C[C@@H]1C(=C(c2ccccc2)c2ccccc2)OB(/C=C(/c2ccc(Cl)cc2)[Si](C)(C)C)N1C(C)(C)C. The van der Waals surface area contributed by atoms with E-state index >= 15 is 0 Å². The van der Waals surface area contributed by atoms with Crippen LogP contribution in [-0.2, 0) is 4.65 Å². The van der Waals surface area contributed by atoms with E-state index in [1.54, 1.807) is 0 Å². The van der Waals surface area contributed by atoms with Crippen LogP contribution in [0, 0.1) is 0 Å². The third kappa shape index (κ3) is 7.71. The van der Waals surface area contributed by atoms with E-state index < -0.39 is 8.07 Å². The van der Waals surface area contributed by atoms with Gasteiger partial charge in [0.05, 0.1) is 19.7 Å². The summed E-state index contributed by atoms with van der Waals surface area (Å²) in [5, 5.41) is 2.10. The van der Waals surface area contributed by atoms with Gasteiger partial charge < -0.3 is 4.65 Å². The first kappa shape index (κ1) is 31.1. The second kappa shape index (κ2) is 12.2. The first-order chi connectivity index (χ1) is 19.1. The van der Waals surface area contributed by atoms with Gasteiger partial charge in [-0.25, -0.2) is 0 Å². The minimum absolute atomic E-state index is 0.154. The van der Waals surface area contributed by atoms with Crippen molar-refractivity contribution in [2.24, 2.45) is 4.99 Å². The Morgan fingerprint density at radius 3 is 1.76 bits per heavy atom. The fraction of sp³-hybridized carbons (Fsp3) is 0.343. The number of halogens is 1. The van der Waals surface area contributed by atoms with E-state index in [0.717, 1.165) is 27.5 Å². The molecular weight excluding hydrogens is 539 g/mol. The highest BCUT2D eigenvalue weighted by Gasteiger charge is 2.49. The van der Waals surface area contributed by atoms with Gasteiger partial charge in [-0.2, -0.15) is 0 Å². The fourth-order valence-electron chi connectivity index (χ4n) is 5.31. The van der Waals surface area contributed by atoms with Crippen molar-refractivity contribution in [1.82, 2.24) is 4.81 Å². The zero-order chi connectivity index (χ0) is 30.0. The molecule has 1 heterocycles. The maximum absolute atomic E-state index is 7.15. The van der Waals surface area contributed by atoms with Gasteiger partial charge in [0.25, 0.3) is 0 Å². The van der Waals surface area contributed by atoms with Gasteiger partial charge in [-0.15, -0.1) is 0 Å². The summed E-state index contributed by atoms with van der Waals surface area (Å²) < 4.78 is 7.15. The largest absolute Gasteiger partial charge is 0.544 e. The summed E-state index contributed by atoms with van der Waals surface area (Å²) in [6.45, 7) is 20.4. The lowest BCUT2D eigenvalue weighted by Crippen LogP contribution is -2.52. The zero-order valence-electron chi connectivity index (χ0n) is 26.1. The molecule has 4 rings (SSSR count). The Morgan fingerprint density at radius 1 is 0.805 bits per heavy atom. The number of hydrogen-bond acceptors (Lipinski definition) is 3. The van der Waals surface area contributed by atoms with Crippen molar-refractivity contribution >= 4 is 43.7 Å². The Bertz CT molecular complexity index is 1370. The van der Waals surface area contributed by atoms with E-state index in [1.807, 2.05) is 12.1 Å². The Hall–Kier alpha value is -2.86. The molecule has 3 aromatic carbocycles. The molecule has 1 aliphatic heterocycles. The Morgan fingerprint density at radius 2 is 1.32 bits per heavy atom. The Kier molecular flexibility index (Phi) is 9.23. The Balaban J connectivity index is 2.02. The van der Waals surface area contributed by atoms with E-state index in [0.29, 0.717) is 0 Å². The lowest BCUT2D eigenvalue weighted by molar-refractivity contribution is 0.254. The predicted octanol–water partition coefficient (Wildman–Crippen LogP) is 9.46. The van der Waals surface area contributed by atoms with Crippen molar-refractivity contribution in [3.8, 4) is 0 Å². The van der Waals surface area contributed by atoms with Gasteiger partial charge in [-0.3, -0.25) is 9.80 Å². The van der Waals surface area contributed by atoms with Gasteiger partial charge >= 0.3 is 7.05 Å². The van der Waals surface area contributed by atoms with Gasteiger partial charge in [0, 0.05) is 22.3 Å². The Labute approximate surface area is 254 Å². The van der Waals surface area contributed by atoms with Crippen LogP contribution >= 0.6 is 11.6 Å². The molecule has 1 saturated heterocycles. The molecular formula is C35H44BClN2OSi. The highest BCUT2D eigenvalue weighted by atomic mass is 35.5. The molecule has 0 radical (unpaired) electrons. The van der Waals surface area contributed by atoms with E-state index in [-0.39, 0.29) is 24.2 Å². The molecule has 0 unspecified atom stereocenters. The van der Waals surface area contributed by atoms with Crippen LogP contribution in [0.15, 0.2) is 102 Å². The molecule has 0 N–H and O–H groups in total. The van der Waals surface area contributed by atoms with Crippen LogP contribution in [0.5, 0.6) is 0 Å². The molecule has 0 spiro atoms. The van der Waals surface area contributed by atoms with E-state index in [9.17, 15) is 0 Å². The second-order valence-corrected chi connectivity index (χ2v) is 19.3. The van der Waals surface area contributed by atoms with Crippen LogP contribution in [0.4, 0.5) is 0 Å². The third-order valence-electron chi connectivity index (χ3n) is 7.11. The van der Waals surface area contributed by atoms with Gasteiger partial charge in [-0.05, 0) is 70.4 Å². The molecule has 3 nitrogen and oxygen atoms in total. The maximum atomic E-state index is 7.15. The van der Waals surface area contributed by atoms with Crippen molar-refractivity contribution in [3.05, 3.63) is 118 Å². The molecule has 0 aromatic heterocycles. The average Bonchev–Trinajstić information content (AvgIpc) is 3.25. The van der Waals surface area contributed by atoms with Crippen LogP contribution in [-0.4, -0.2) is 43.3 Å². The van der Waals surface area contributed by atoms with Crippen LogP contribution in [0.3, 0.4) is 0 Å². The highest BCUT2D eigenvalue weighted by Crippen LogP contribution is 2.40. The van der Waals surface area contributed by atoms with Crippen LogP contribution in [0.1, 0.15) is 58.2 Å². The van der Waals surface area contributed by atoms with Crippen molar-refractivity contribution in [1.29, 1.82) is 0 Å². The molecule has 1 fully saturated rings. The van der Waals surface area contributed by atoms with E-state index in [1.165, 1.54) is 10.8 Å². The van der Waals surface area contributed by atoms with E-state index in [4.69, 9.17) is 21.2 Å². The molecule has 0 amide bonds. The zero-order valence-corrected chi connectivity index (χ0v) is 27.8. The van der Waals surface area contributed by atoms with Crippen molar-refractivity contribution in [2.45, 2.75) is 78.3 Å². The lowest BCUT2D eigenvalue weighted by Gasteiger charge is -2.36. The summed E-state index contributed by atoms with van der Waals surface area (Å²) in [7, 11) is -2.06. The molecule has 0 bridgehead atoms. The van der Waals surface area contributed by atoms with Crippen molar-refractivity contribution in [2.75, 3.05) is 0 Å². The number of rotatable bonds is 6. The second-order valence-electron chi connectivity index (χ2n) is 13.8. The van der Waals surface area contributed by atoms with E-state index in [2.05, 4.69) is 151 Å². The molecule has 1 atom stereocenters. The first-order valence-corrected chi connectivity index (χ1v) is 18.4. The topological polar surface area (TPSA) is 24.8 Å². The van der Waals surface area contributed by atoms with Gasteiger partial charge in [0.2, 0.25) is 0 Å². The molecule has 41 heavy (non-hydrogen) atoms. The minimum atomic E-state index is -1.79. The number of nitrogens with zero attached hydrogens (tertiary/aromatic N) is 2. The summed E-state index contributed by atoms with van der Waals surface area (Å²) in [6.07, 6.45) is 2.11. The van der Waals surface area contributed by atoms with Gasteiger partial charge in [-0.1, -0.05) is 115 Å². The van der Waals surface area contributed by atoms with Crippen molar-refractivity contribution < 1.29 is 4.65 Å². The summed E-state index contributed by atoms with van der Waals surface area (Å²) in [6, 6.07) is 29.2. The lowest BCUT2D eigenvalue weighted by atomic mass is 9.75. The molecule has 6 heteroatoms. The molecule has 214 valence electrons. The van der Waals surface area contributed by atoms with Gasteiger partial charge in [0.15, 0.2) is 0 Å². The molecule has 3 aromatic rings. The molecule has 0 aliphatic carbocycles. The maximum Gasteiger partial charge on any atom is 0.478 e. The van der Waals surface area contributed by atoms with Crippen LogP contribution in [0.25, 0.3) is 10.8 Å². The van der Waals surface area contributed by atoms with Crippen molar-refractivity contribution in [3.63, 3.8) is 0 Å². The highest BCUT2D eigenvalue weighted by molar-refractivity contribution is 6.95. The smallest absolute Gasteiger partial charge is 0.478 e. The third-order valence-corrected chi connectivity index (χ3v) is 9.43. The summed E-state index contributed by atoms with van der Waals surface area (Å²) in [4.78, 5) is 7.52. The summed E-state index contributed by atoms with van der Waals surface area (Å²) in [5.74, 6) is 3.29. The quantitative estimate of drug-likeness (QED) is 0.214. The standard InChI is InChI=1S/C35H44BClN2OSi/c1-34(2,3)38-25-30-33(32(27-16-12-10-13-17-27)28-18-14-11-15-19-28)40-36(39(30)35(4,5)6)24-31(41(7,8)9)26-20-22-29(37)23-21-26/h10-25,30H,1-9H3/b31-24-,38-25?/t30-/m1/s1. The van der Waals surface area contributed by atoms with Gasteiger partial charge in [0.1, 0.15) is 5.76 Å². The number of benzene rings is 3. The average molecular weight is 583 g/mol. The van der Waals surface area contributed by atoms with Crippen LogP contribution in [0.2, 0.25) is 24.7 Å². The normalized spacial score (nSPS) is 17.3.